The normalized spacial score (nSPS) is 13.8. The van der Waals surface area contributed by atoms with Crippen molar-refractivity contribution in [1.82, 2.24) is 19.5 Å². The summed E-state index contributed by atoms with van der Waals surface area (Å²) in [5.74, 6) is 1.60. The topological polar surface area (TPSA) is 96.6 Å². The quantitative estimate of drug-likeness (QED) is 0.784. The molecule has 0 amide bonds. The van der Waals surface area contributed by atoms with E-state index in [1.807, 2.05) is 36.0 Å². The first kappa shape index (κ1) is 16.1. The van der Waals surface area contributed by atoms with Crippen LogP contribution in [0.15, 0.2) is 36.7 Å². The van der Waals surface area contributed by atoms with Crippen molar-refractivity contribution >= 4 is 11.5 Å². The molecule has 0 atom stereocenters. The van der Waals surface area contributed by atoms with E-state index in [1.165, 1.54) is 12.8 Å². The number of nitrogens with zero attached hydrogens (tertiary/aromatic N) is 6. The molecule has 1 fully saturated rings. The Hall–Kier alpha value is -3.40. The molecular formula is C19H19N7. The number of aryl methyl sites for hydroxylation is 1. The highest BCUT2D eigenvalue weighted by Crippen LogP contribution is 2.30. The number of nitrogens with two attached hydrogens (primary N) is 1. The summed E-state index contributed by atoms with van der Waals surface area (Å²) in [5.41, 5.74) is 8.63. The molecule has 4 heterocycles. The monoisotopic (exact) mass is 345 g/mol. The van der Waals surface area contributed by atoms with Gasteiger partial charge in [0.05, 0.1) is 11.4 Å². The van der Waals surface area contributed by atoms with Gasteiger partial charge in [-0.05, 0) is 31.0 Å². The lowest BCUT2D eigenvalue weighted by atomic mass is 10.1. The van der Waals surface area contributed by atoms with Gasteiger partial charge in [-0.3, -0.25) is 0 Å². The molecule has 7 heteroatoms. The number of anilines is 2. The molecule has 3 aromatic heterocycles. The van der Waals surface area contributed by atoms with Gasteiger partial charge in [0.2, 0.25) is 0 Å². The van der Waals surface area contributed by atoms with Gasteiger partial charge >= 0.3 is 0 Å². The van der Waals surface area contributed by atoms with Crippen LogP contribution in [-0.4, -0.2) is 32.6 Å². The molecular weight excluding hydrogens is 326 g/mol. The van der Waals surface area contributed by atoms with Gasteiger partial charge in [-0.25, -0.2) is 15.0 Å². The molecule has 1 saturated heterocycles. The Bertz CT molecular complexity index is 993. The van der Waals surface area contributed by atoms with E-state index in [0.29, 0.717) is 34.2 Å². The number of nitriles is 1. The Morgan fingerprint density at radius 3 is 2.65 bits per heavy atom. The highest BCUT2D eigenvalue weighted by Gasteiger charge is 2.19. The van der Waals surface area contributed by atoms with Gasteiger partial charge in [0.15, 0.2) is 5.82 Å². The zero-order chi connectivity index (χ0) is 18.1. The SMILES string of the molecule is Cn1ccnc1-c1cc(N)c(C#N)c(-c2cccc(N3CCCC3)n2)n1. The Balaban J connectivity index is 1.85. The second-order valence-corrected chi connectivity index (χ2v) is 6.37. The smallest absolute Gasteiger partial charge is 0.158 e. The molecule has 4 rings (SSSR count). The summed E-state index contributed by atoms with van der Waals surface area (Å²) >= 11 is 0. The van der Waals surface area contributed by atoms with Crippen LogP contribution >= 0.6 is 0 Å². The van der Waals surface area contributed by atoms with Crippen molar-refractivity contribution in [3.05, 3.63) is 42.2 Å². The molecule has 2 N–H and O–H groups in total. The van der Waals surface area contributed by atoms with E-state index < -0.39 is 0 Å². The molecule has 0 spiro atoms. The Morgan fingerprint density at radius 1 is 1.15 bits per heavy atom. The Morgan fingerprint density at radius 2 is 1.96 bits per heavy atom. The molecule has 1 aliphatic rings. The van der Waals surface area contributed by atoms with Gasteiger partial charge in [-0.1, -0.05) is 6.07 Å². The van der Waals surface area contributed by atoms with Crippen LogP contribution in [0.4, 0.5) is 11.5 Å². The summed E-state index contributed by atoms with van der Waals surface area (Å²) in [6, 6.07) is 9.66. The third-order valence-electron chi connectivity index (χ3n) is 4.62. The third-order valence-corrected chi connectivity index (χ3v) is 4.62. The maximum atomic E-state index is 9.59. The summed E-state index contributed by atoms with van der Waals surface area (Å²) in [7, 11) is 1.89. The number of nitrogen functional groups attached to an aromatic ring is 1. The van der Waals surface area contributed by atoms with Crippen molar-refractivity contribution in [1.29, 1.82) is 5.26 Å². The van der Waals surface area contributed by atoms with E-state index >= 15 is 0 Å². The van der Waals surface area contributed by atoms with Crippen LogP contribution in [0.3, 0.4) is 0 Å². The highest BCUT2D eigenvalue weighted by molar-refractivity contribution is 5.76. The summed E-state index contributed by atoms with van der Waals surface area (Å²) in [6.45, 7) is 2.01. The van der Waals surface area contributed by atoms with Crippen LogP contribution in [0.1, 0.15) is 18.4 Å². The molecule has 26 heavy (non-hydrogen) atoms. The third kappa shape index (κ3) is 2.75. The van der Waals surface area contributed by atoms with Crippen LogP contribution in [0.5, 0.6) is 0 Å². The highest BCUT2D eigenvalue weighted by atomic mass is 15.2. The first-order valence-electron chi connectivity index (χ1n) is 8.58. The van der Waals surface area contributed by atoms with Crippen LogP contribution in [0, 0.1) is 11.3 Å². The number of aromatic nitrogens is 4. The van der Waals surface area contributed by atoms with Gasteiger partial charge in [0.25, 0.3) is 0 Å². The fraction of sp³-hybridized carbons (Fsp3) is 0.263. The molecule has 0 aliphatic carbocycles. The van der Waals surface area contributed by atoms with E-state index in [1.54, 1.807) is 12.3 Å². The van der Waals surface area contributed by atoms with Crippen LogP contribution in [-0.2, 0) is 7.05 Å². The van der Waals surface area contributed by atoms with Gasteiger partial charge in [0, 0.05) is 32.5 Å². The van der Waals surface area contributed by atoms with Crippen molar-refractivity contribution < 1.29 is 0 Å². The van der Waals surface area contributed by atoms with Gasteiger partial charge in [0.1, 0.15) is 28.8 Å². The van der Waals surface area contributed by atoms with E-state index in [9.17, 15) is 5.26 Å². The molecule has 0 radical (unpaired) electrons. The Kier molecular flexibility index (Phi) is 4.01. The number of hydrogen-bond donors (Lipinski definition) is 1. The minimum atomic E-state index is 0.342. The zero-order valence-corrected chi connectivity index (χ0v) is 14.6. The van der Waals surface area contributed by atoms with E-state index in [0.717, 1.165) is 18.9 Å². The molecule has 0 saturated carbocycles. The average Bonchev–Trinajstić information content (AvgIpc) is 3.33. The Labute approximate surface area is 151 Å². The van der Waals surface area contributed by atoms with E-state index in [4.69, 9.17) is 10.7 Å². The summed E-state index contributed by atoms with van der Waals surface area (Å²) < 4.78 is 1.87. The van der Waals surface area contributed by atoms with Crippen LogP contribution < -0.4 is 10.6 Å². The summed E-state index contributed by atoms with van der Waals surface area (Å²) in [4.78, 5) is 16.0. The lowest BCUT2D eigenvalue weighted by Gasteiger charge is -2.17. The van der Waals surface area contributed by atoms with Crippen molar-refractivity contribution in [3.8, 4) is 29.0 Å². The maximum absolute atomic E-state index is 9.59. The number of pyridine rings is 2. The number of hydrogen-bond acceptors (Lipinski definition) is 6. The van der Waals surface area contributed by atoms with Gasteiger partial charge < -0.3 is 15.2 Å². The maximum Gasteiger partial charge on any atom is 0.158 e. The predicted octanol–water partition coefficient (Wildman–Crippen LogP) is 2.60. The molecule has 1 aliphatic heterocycles. The van der Waals surface area contributed by atoms with Gasteiger partial charge in [-0.15, -0.1) is 0 Å². The van der Waals surface area contributed by atoms with Crippen molar-refractivity contribution in [2.75, 3.05) is 23.7 Å². The fourth-order valence-corrected chi connectivity index (χ4v) is 3.27. The van der Waals surface area contributed by atoms with E-state index in [-0.39, 0.29) is 0 Å². The lowest BCUT2D eigenvalue weighted by molar-refractivity contribution is 0.917. The van der Waals surface area contributed by atoms with Crippen LogP contribution in [0.25, 0.3) is 22.9 Å². The molecule has 130 valence electrons. The molecule has 0 bridgehead atoms. The van der Waals surface area contributed by atoms with Gasteiger partial charge in [-0.2, -0.15) is 5.26 Å². The second kappa shape index (κ2) is 6.48. The molecule has 3 aromatic rings. The zero-order valence-electron chi connectivity index (χ0n) is 14.6. The minimum Gasteiger partial charge on any atom is -0.398 e. The van der Waals surface area contributed by atoms with E-state index in [2.05, 4.69) is 20.9 Å². The standard InChI is InChI=1S/C19H19N7/c1-25-10-7-22-19(25)16-11-14(21)13(12-20)18(24-16)15-5-4-6-17(23-15)26-8-2-3-9-26/h4-7,10-11H,2-3,8-9H2,1H3,(H2,21,24). The lowest BCUT2D eigenvalue weighted by Crippen LogP contribution is -2.19. The average molecular weight is 345 g/mol. The predicted molar refractivity (Wildman–Crippen MR) is 100 cm³/mol. The fourth-order valence-electron chi connectivity index (χ4n) is 3.27. The first-order chi connectivity index (χ1) is 12.7. The van der Waals surface area contributed by atoms with Crippen molar-refractivity contribution in [2.45, 2.75) is 12.8 Å². The van der Waals surface area contributed by atoms with Crippen LogP contribution in [0.2, 0.25) is 0 Å². The number of imidazole rings is 1. The summed E-state index contributed by atoms with van der Waals surface area (Å²) in [5, 5.41) is 9.59. The first-order valence-corrected chi connectivity index (χ1v) is 8.58. The molecule has 7 nitrogen and oxygen atoms in total. The number of rotatable bonds is 3. The second-order valence-electron chi connectivity index (χ2n) is 6.37. The molecule has 0 unspecified atom stereocenters. The van der Waals surface area contributed by atoms with Crippen molar-refractivity contribution in [3.63, 3.8) is 0 Å². The summed E-state index contributed by atoms with van der Waals surface area (Å²) in [6.07, 6.45) is 5.90. The largest absolute Gasteiger partial charge is 0.398 e. The minimum absolute atomic E-state index is 0.342. The van der Waals surface area contributed by atoms with Crippen molar-refractivity contribution in [2.24, 2.45) is 7.05 Å². The molecule has 0 aromatic carbocycles.